The maximum atomic E-state index is 12.2. The Morgan fingerprint density at radius 1 is 0.938 bits per heavy atom. The number of aliphatic hydroxyl groups excluding tert-OH is 1. The molecule has 5 nitrogen and oxygen atoms in total. The maximum absolute atomic E-state index is 12.2. The monoisotopic (exact) mass is 248 g/mol. The molecule has 2 heterocycles. The minimum absolute atomic E-state index is 0.263. The van der Waals surface area contributed by atoms with Crippen LogP contribution < -0.4 is 0 Å². The highest BCUT2D eigenvalue weighted by Crippen LogP contribution is 2.20. The molecular weight excluding hydrogens is 228 g/mol. The molecule has 0 aliphatic carbocycles. The van der Waals surface area contributed by atoms with Crippen LogP contribution in [0, 0.1) is 0 Å². The van der Waals surface area contributed by atoms with Crippen LogP contribution in [0.1, 0.15) is 32.1 Å². The third-order valence-corrected chi connectivity index (χ3v) is 5.35. The van der Waals surface area contributed by atoms with Gasteiger partial charge in [0.2, 0.25) is 0 Å². The van der Waals surface area contributed by atoms with Gasteiger partial charge in [0.25, 0.3) is 10.2 Å². The highest BCUT2D eigenvalue weighted by Gasteiger charge is 2.34. The van der Waals surface area contributed by atoms with Crippen molar-refractivity contribution in [2.24, 2.45) is 0 Å². The van der Waals surface area contributed by atoms with Crippen molar-refractivity contribution in [1.82, 2.24) is 8.61 Å². The van der Waals surface area contributed by atoms with Gasteiger partial charge in [-0.05, 0) is 19.3 Å². The summed E-state index contributed by atoms with van der Waals surface area (Å²) < 4.78 is 27.5. The van der Waals surface area contributed by atoms with Crippen LogP contribution in [0.5, 0.6) is 0 Å². The third kappa shape index (κ3) is 2.56. The molecule has 0 aromatic heterocycles. The van der Waals surface area contributed by atoms with Crippen molar-refractivity contribution >= 4 is 10.2 Å². The Kier molecular flexibility index (Phi) is 3.84. The molecule has 2 aliphatic rings. The van der Waals surface area contributed by atoms with Crippen LogP contribution in [0.25, 0.3) is 0 Å². The van der Waals surface area contributed by atoms with E-state index in [-0.39, 0.29) is 6.54 Å². The Bertz CT molecular complexity index is 323. The van der Waals surface area contributed by atoms with Crippen molar-refractivity contribution in [2.75, 3.05) is 26.2 Å². The Hall–Kier alpha value is -0.170. The van der Waals surface area contributed by atoms with Gasteiger partial charge in [0, 0.05) is 26.2 Å². The first-order valence-electron chi connectivity index (χ1n) is 6.04. The number of rotatable bonds is 2. The van der Waals surface area contributed by atoms with Gasteiger partial charge in [-0.1, -0.05) is 12.8 Å². The molecule has 0 radical (unpaired) electrons. The molecule has 1 N–H and O–H groups in total. The fraction of sp³-hybridized carbons (Fsp3) is 1.00. The van der Waals surface area contributed by atoms with Crippen LogP contribution in [-0.2, 0) is 10.2 Å². The van der Waals surface area contributed by atoms with Crippen molar-refractivity contribution < 1.29 is 13.5 Å². The van der Waals surface area contributed by atoms with Crippen LogP contribution in [0.3, 0.4) is 0 Å². The quantitative estimate of drug-likeness (QED) is 0.758. The van der Waals surface area contributed by atoms with E-state index < -0.39 is 16.3 Å². The molecule has 0 aromatic rings. The lowest BCUT2D eigenvalue weighted by Crippen LogP contribution is -2.43. The minimum atomic E-state index is -3.31. The molecule has 0 unspecified atom stereocenters. The summed E-state index contributed by atoms with van der Waals surface area (Å²) in [6, 6.07) is 0. The number of β-amino-alcohol motifs (C(OH)–C–C–N with tert-alkyl or cyclic N) is 1. The van der Waals surface area contributed by atoms with Crippen molar-refractivity contribution in [3.05, 3.63) is 0 Å². The molecule has 6 heteroatoms. The van der Waals surface area contributed by atoms with Gasteiger partial charge in [-0.15, -0.1) is 0 Å². The Labute approximate surface area is 97.2 Å². The highest BCUT2D eigenvalue weighted by atomic mass is 32.2. The van der Waals surface area contributed by atoms with Crippen LogP contribution in [0.2, 0.25) is 0 Å². The lowest BCUT2D eigenvalue weighted by atomic mass is 10.2. The molecule has 0 saturated carbocycles. The van der Waals surface area contributed by atoms with Crippen molar-refractivity contribution in [1.29, 1.82) is 0 Å². The first-order valence-corrected chi connectivity index (χ1v) is 7.44. The summed E-state index contributed by atoms with van der Waals surface area (Å²) in [7, 11) is -3.31. The summed E-state index contributed by atoms with van der Waals surface area (Å²) in [4.78, 5) is 0. The van der Waals surface area contributed by atoms with E-state index in [4.69, 9.17) is 0 Å². The fourth-order valence-electron chi connectivity index (χ4n) is 2.36. The summed E-state index contributed by atoms with van der Waals surface area (Å²) in [5.74, 6) is 0. The second-order valence-electron chi connectivity index (χ2n) is 4.62. The van der Waals surface area contributed by atoms with Crippen molar-refractivity contribution in [3.8, 4) is 0 Å². The normalized spacial score (nSPS) is 30.4. The topological polar surface area (TPSA) is 60.9 Å². The smallest absolute Gasteiger partial charge is 0.282 e. The lowest BCUT2D eigenvalue weighted by molar-refractivity contribution is 0.188. The summed E-state index contributed by atoms with van der Waals surface area (Å²) in [5.41, 5.74) is 0. The maximum Gasteiger partial charge on any atom is 0.282 e. The summed E-state index contributed by atoms with van der Waals surface area (Å²) in [6.07, 6.45) is 4.23. The Morgan fingerprint density at radius 3 is 2.06 bits per heavy atom. The van der Waals surface area contributed by atoms with Gasteiger partial charge >= 0.3 is 0 Å². The van der Waals surface area contributed by atoms with E-state index in [1.54, 1.807) is 4.31 Å². The van der Waals surface area contributed by atoms with Gasteiger partial charge < -0.3 is 5.11 Å². The van der Waals surface area contributed by atoms with E-state index in [1.807, 2.05) is 0 Å². The average Bonchev–Trinajstić information content (AvgIpc) is 2.54. The number of aliphatic hydroxyl groups is 1. The second kappa shape index (κ2) is 5.00. The van der Waals surface area contributed by atoms with E-state index in [2.05, 4.69) is 0 Å². The zero-order chi connectivity index (χ0) is 11.6. The van der Waals surface area contributed by atoms with Crippen LogP contribution >= 0.6 is 0 Å². The van der Waals surface area contributed by atoms with Crippen LogP contribution in [-0.4, -0.2) is 54.4 Å². The Balaban J connectivity index is 2.05. The predicted octanol–water partition coefficient (Wildman–Crippen LogP) is 0.174. The highest BCUT2D eigenvalue weighted by molar-refractivity contribution is 7.86. The van der Waals surface area contributed by atoms with Crippen molar-refractivity contribution in [3.63, 3.8) is 0 Å². The zero-order valence-electron chi connectivity index (χ0n) is 9.51. The lowest BCUT2D eigenvalue weighted by Gasteiger charge is -2.25. The van der Waals surface area contributed by atoms with Gasteiger partial charge in [-0.2, -0.15) is 17.0 Å². The minimum Gasteiger partial charge on any atom is -0.392 e. The molecule has 2 fully saturated rings. The molecule has 1 atom stereocenters. The average molecular weight is 248 g/mol. The Morgan fingerprint density at radius 2 is 1.56 bits per heavy atom. The SMILES string of the molecule is O=S(=O)(N1CCCCCC1)N1CC[C@@H](O)C1. The molecule has 2 aliphatic heterocycles. The van der Waals surface area contributed by atoms with Gasteiger partial charge in [-0.25, -0.2) is 0 Å². The second-order valence-corrected chi connectivity index (χ2v) is 6.55. The standard InChI is InChI=1S/C10H20N2O3S/c13-10-5-8-12(9-10)16(14,15)11-6-3-1-2-4-7-11/h10,13H,1-9H2/t10-/m1/s1. The molecule has 0 amide bonds. The number of nitrogens with zero attached hydrogens (tertiary/aromatic N) is 2. The fourth-order valence-corrected chi connectivity index (χ4v) is 4.10. The molecule has 2 saturated heterocycles. The molecule has 0 bridgehead atoms. The van der Waals surface area contributed by atoms with E-state index in [9.17, 15) is 13.5 Å². The van der Waals surface area contributed by atoms with Gasteiger partial charge in [-0.3, -0.25) is 0 Å². The molecule has 0 spiro atoms. The van der Waals surface area contributed by atoms with Gasteiger partial charge in [0.1, 0.15) is 0 Å². The number of hydrogen-bond acceptors (Lipinski definition) is 3. The molecule has 0 aromatic carbocycles. The first-order chi connectivity index (χ1) is 7.60. The van der Waals surface area contributed by atoms with Gasteiger partial charge in [0.15, 0.2) is 0 Å². The van der Waals surface area contributed by atoms with Crippen molar-refractivity contribution in [2.45, 2.75) is 38.2 Å². The first kappa shape index (κ1) is 12.3. The van der Waals surface area contributed by atoms with Gasteiger partial charge in [0.05, 0.1) is 6.10 Å². The molecule has 16 heavy (non-hydrogen) atoms. The predicted molar refractivity (Wildman–Crippen MR) is 61.2 cm³/mol. The summed E-state index contributed by atoms with van der Waals surface area (Å²) >= 11 is 0. The van der Waals surface area contributed by atoms with E-state index in [0.717, 1.165) is 25.7 Å². The molecule has 94 valence electrons. The summed E-state index contributed by atoms with van der Waals surface area (Å²) in [6.45, 7) is 1.99. The third-order valence-electron chi connectivity index (χ3n) is 3.34. The largest absolute Gasteiger partial charge is 0.392 e. The molecule has 2 rings (SSSR count). The van der Waals surface area contributed by atoms with E-state index in [0.29, 0.717) is 26.1 Å². The number of hydrogen-bond donors (Lipinski definition) is 1. The van der Waals surface area contributed by atoms with E-state index >= 15 is 0 Å². The summed E-state index contributed by atoms with van der Waals surface area (Å²) in [5, 5.41) is 9.39. The van der Waals surface area contributed by atoms with E-state index in [1.165, 1.54) is 4.31 Å². The molecular formula is C10H20N2O3S. The van der Waals surface area contributed by atoms with Crippen LogP contribution in [0.4, 0.5) is 0 Å². The van der Waals surface area contributed by atoms with Crippen LogP contribution in [0.15, 0.2) is 0 Å². The zero-order valence-corrected chi connectivity index (χ0v) is 10.3.